The van der Waals surface area contributed by atoms with Crippen molar-refractivity contribution >= 4 is 35.9 Å². The summed E-state index contributed by atoms with van der Waals surface area (Å²) >= 11 is 3.40. The van der Waals surface area contributed by atoms with Crippen molar-refractivity contribution < 1.29 is 4.79 Å². The van der Waals surface area contributed by atoms with E-state index in [4.69, 9.17) is 0 Å². The van der Waals surface area contributed by atoms with Crippen molar-refractivity contribution in [1.29, 1.82) is 0 Å². The summed E-state index contributed by atoms with van der Waals surface area (Å²) in [7, 11) is 0. The van der Waals surface area contributed by atoms with Crippen LogP contribution in [0.3, 0.4) is 0 Å². The quantitative estimate of drug-likeness (QED) is 0.652. The van der Waals surface area contributed by atoms with E-state index in [-0.39, 0.29) is 14.3 Å². The zero-order chi connectivity index (χ0) is 14.4. The molecule has 3 aliphatic heterocycles. The van der Waals surface area contributed by atoms with Gasteiger partial charge in [-0.2, -0.15) is 0 Å². The van der Waals surface area contributed by atoms with E-state index in [1.807, 2.05) is 30.3 Å². The van der Waals surface area contributed by atoms with E-state index < -0.39 is 0 Å². The Morgan fingerprint density at radius 1 is 1.14 bits per heavy atom. The summed E-state index contributed by atoms with van der Waals surface area (Å²) in [5.41, 5.74) is 2.25. The summed E-state index contributed by atoms with van der Waals surface area (Å²) in [6.45, 7) is 3.60. The first-order valence-corrected chi connectivity index (χ1v) is 8.47. The van der Waals surface area contributed by atoms with Gasteiger partial charge >= 0.3 is 0 Å². The summed E-state index contributed by atoms with van der Waals surface area (Å²) < 4.78 is 1.02. The lowest BCUT2D eigenvalue weighted by Crippen LogP contribution is -2.54. The van der Waals surface area contributed by atoms with Gasteiger partial charge in [0, 0.05) is 44.3 Å². The molecule has 4 aliphatic rings. The van der Waals surface area contributed by atoms with Crippen molar-refractivity contribution in [3.05, 3.63) is 40.4 Å². The fourth-order valence-corrected chi connectivity index (χ4v) is 4.59. The molecule has 1 aromatic rings. The Bertz CT molecular complexity index is 569. The van der Waals surface area contributed by atoms with Crippen molar-refractivity contribution in [2.24, 2.45) is 17.8 Å². The molecular weight excluding hydrogens is 339 g/mol. The van der Waals surface area contributed by atoms with Crippen LogP contribution in [0.1, 0.15) is 12.8 Å². The topological polar surface area (TPSA) is 32.3 Å². The van der Waals surface area contributed by atoms with Crippen molar-refractivity contribution in [2.75, 3.05) is 25.0 Å². The van der Waals surface area contributed by atoms with E-state index in [1.165, 1.54) is 25.0 Å². The minimum absolute atomic E-state index is 0. The third kappa shape index (κ3) is 3.02. The minimum Gasteiger partial charge on any atom is -0.323 e. The molecule has 4 fully saturated rings. The fraction of sp³-hybridized carbons (Fsp3) is 0.471. The highest BCUT2D eigenvalue weighted by Gasteiger charge is 2.44. The first-order chi connectivity index (χ1) is 10.2. The van der Waals surface area contributed by atoms with Gasteiger partial charge in [0.1, 0.15) is 0 Å². The molecule has 22 heavy (non-hydrogen) atoms. The van der Waals surface area contributed by atoms with Crippen LogP contribution >= 0.6 is 15.9 Å². The monoisotopic (exact) mass is 357 g/mol. The summed E-state index contributed by atoms with van der Waals surface area (Å²) in [6.07, 6.45) is 4.45. The van der Waals surface area contributed by atoms with Crippen LogP contribution in [0.15, 0.2) is 40.4 Å². The number of anilines is 1. The Morgan fingerprint density at radius 2 is 1.77 bits per heavy atom. The number of carbonyl (C=O) groups is 1. The maximum absolute atomic E-state index is 12.3. The molecule has 3 radical (unpaired) electrons. The molecular formula is C17H19BBrN2O. The molecule has 1 amide bonds. The van der Waals surface area contributed by atoms with Gasteiger partial charge in [0.05, 0.1) is 0 Å². The van der Waals surface area contributed by atoms with Crippen molar-refractivity contribution in [3.8, 4) is 0 Å². The van der Waals surface area contributed by atoms with Gasteiger partial charge in [-0.3, -0.25) is 4.79 Å². The summed E-state index contributed by atoms with van der Waals surface area (Å²) in [6, 6.07) is 7.73. The van der Waals surface area contributed by atoms with E-state index in [1.54, 1.807) is 0 Å². The number of hydrogen-bond donors (Lipinski definition) is 1. The molecule has 3 nitrogen and oxygen atoms in total. The van der Waals surface area contributed by atoms with Crippen molar-refractivity contribution in [2.45, 2.75) is 12.8 Å². The van der Waals surface area contributed by atoms with Crippen LogP contribution < -0.4 is 5.32 Å². The van der Waals surface area contributed by atoms with Gasteiger partial charge < -0.3 is 10.2 Å². The van der Waals surface area contributed by atoms with E-state index in [0.29, 0.717) is 11.8 Å². The number of benzene rings is 1. The molecule has 0 aromatic heterocycles. The number of piperidine rings is 3. The van der Waals surface area contributed by atoms with Crippen LogP contribution in [0.25, 0.3) is 0 Å². The second-order valence-electron chi connectivity index (χ2n) is 6.59. The maximum atomic E-state index is 12.3. The van der Waals surface area contributed by atoms with Crippen molar-refractivity contribution in [1.82, 2.24) is 4.90 Å². The predicted octanol–water partition coefficient (Wildman–Crippen LogP) is 2.90. The van der Waals surface area contributed by atoms with Gasteiger partial charge in [0.15, 0.2) is 0 Å². The van der Waals surface area contributed by atoms with Crippen LogP contribution in [-0.4, -0.2) is 38.9 Å². The molecule has 5 heteroatoms. The number of amides is 1. The molecule has 1 aliphatic carbocycles. The van der Waals surface area contributed by atoms with Gasteiger partial charge in [-0.05, 0) is 54.9 Å². The summed E-state index contributed by atoms with van der Waals surface area (Å²) in [5.74, 6) is 2.13. The molecule has 3 heterocycles. The zero-order valence-corrected chi connectivity index (χ0v) is 14.1. The summed E-state index contributed by atoms with van der Waals surface area (Å²) in [5, 5.41) is 2.98. The molecule has 1 saturated carbocycles. The van der Waals surface area contributed by atoms with E-state index in [0.717, 1.165) is 29.2 Å². The second kappa shape index (κ2) is 6.21. The molecule has 2 atom stereocenters. The van der Waals surface area contributed by atoms with Crippen LogP contribution in [-0.2, 0) is 4.79 Å². The second-order valence-corrected chi connectivity index (χ2v) is 7.51. The number of hydrogen-bond acceptors (Lipinski definition) is 2. The smallest absolute Gasteiger partial charge is 0.248 e. The first kappa shape index (κ1) is 15.8. The average Bonchev–Trinajstić information content (AvgIpc) is 2.45. The third-order valence-electron chi connectivity index (χ3n) is 5.06. The number of halogens is 1. The Labute approximate surface area is 141 Å². The molecule has 5 rings (SSSR count). The highest BCUT2D eigenvalue weighted by molar-refractivity contribution is 9.10. The van der Waals surface area contributed by atoms with Crippen molar-refractivity contribution in [3.63, 3.8) is 0 Å². The Morgan fingerprint density at radius 3 is 2.36 bits per heavy atom. The molecule has 2 unspecified atom stereocenters. The minimum atomic E-state index is 0. The van der Waals surface area contributed by atoms with Crippen LogP contribution in [0.4, 0.5) is 5.69 Å². The lowest BCUT2D eigenvalue weighted by molar-refractivity contribution is -0.112. The normalized spacial score (nSPS) is 31.6. The van der Waals surface area contributed by atoms with Gasteiger partial charge in [-0.1, -0.05) is 21.5 Å². The zero-order valence-electron chi connectivity index (χ0n) is 12.5. The Kier molecular flexibility index (Phi) is 4.46. The number of nitrogens with one attached hydrogen (secondary N) is 1. The lowest BCUT2D eigenvalue weighted by atomic mass is 9.65. The van der Waals surface area contributed by atoms with E-state index >= 15 is 0 Å². The fourth-order valence-electron chi connectivity index (χ4n) is 4.33. The van der Waals surface area contributed by atoms with Crippen LogP contribution in [0.2, 0.25) is 0 Å². The largest absolute Gasteiger partial charge is 0.323 e. The molecule has 1 N–H and O–H groups in total. The SMILES string of the molecule is O=C(C=C1C2CC3CC1CN(C3)C2)Nc1ccc(Br)cc1.[B]. The number of carbonyl (C=O) groups excluding carboxylic acids is 1. The third-order valence-corrected chi connectivity index (χ3v) is 5.59. The number of rotatable bonds is 2. The van der Waals surface area contributed by atoms with Crippen LogP contribution in [0.5, 0.6) is 0 Å². The molecule has 3 saturated heterocycles. The average molecular weight is 358 g/mol. The lowest BCUT2D eigenvalue weighted by Gasteiger charge is -2.53. The van der Waals surface area contributed by atoms with Gasteiger partial charge in [0.25, 0.3) is 0 Å². The molecule has 4 bridgehead atoms. The molecule has 0 spiro atoms. The number of nitrogens with zero attached hydrogens (tertiary/aromatic N) is 1. The predicted molar refractivity (Wildman–Crippen MR) is 92.8 cm³/mol. The maximum Gasteiger partial charge on any atom is 0.248 e. The summed E-state index contributed by atoms with van der Waals surface area (Å²) in [4.78, 5) is 14.9. The van der Waals surface area contributed by atoms with Gasteiger partial charge in [0.2, 0.25) is 5.91 Å². The molecule has 1 aromatic carbocycles. The highest BCUT2D eigenvalue weighted by Crippen LogP contribution is 2.46. The first-order valence-electron chi connectivity index (χ1n) is 7.68. The highest BCUT2D eigenvalue weighted by atomic mass is 79.9. The Balaban J connectivity index is 0.00000144. The van der Waals surface area contributed by atoms with E-state index in [9.17, 15) is 4.79 Å². The molecule has 113 valence electrons. The van der Waals surface area contributed by atoms with Crippen LogP contribution in [0, 0.1) is 17.8 Å². The van der Waals surface area contributed by atoms with Gasteiger partial charge in [-0.15, -0.1) is 0 Å². The van der Waals surface area contributed by atoms with Gasteiger partial charge in [-0.25, -0.2) is 0 Å². The van der Waals surface area contributed by atoms with E-state index in [2.05, 4.69) is 26.1 Å². The Hall–Kier alpha value is -1.07. The standard InChI is InChI=1S/C17H19BrN2O.B/c18-14-1-3-15(4-2-14)19-17(21)7-16-12-5-11-6-13(16)10-20(8-11)9-12;/h1-4,7,11-13H,5-6,8-10H2,(H,19,21);.